The number of amides is 1. The molecule has 25 heavy (non-hydrogen) atoms. The molecular weight excluding hydrogens is 326 g/mol. The minimum atomic E-state index is -1.38. The molecular formula is C16H19N5O4. The Bertz CT molecular complexity index is 785. The lowest BCUT2D eigenvalue weighted by molar-refractivity contribution is 0.0751. The second kappa shape index (κ2) is 6.40. The van der Waals surface area contributed by atoms with E-state index in [2.05, 4.69) is 25.4 Å². The smallest absolute Gasteiger partial charge is 0.273 e. The first-order chi connectivity index (χ1) is 12.1. The summed E-state index contributed by atoms with van der Waals surface area (Å²) >= 11 is 0. The van der Waals surface area contributed by atoms with E-state index in [1.165, 1.54) is 19.0 Å². The molecule has 2 aliphatic rings. The van der Waals surface area contributed by atoms with Gasteiger partial charge in [-0.3, -0.25) is 9.78 Å². The Labute approximate surface area is 143 Å². The van der Waals surface area contributed by atoms with Crippen molar-refractivity contribution in [3.8, 4) is 5.88 Å². The van der Waals surface area contributed by atoms with E-state index in [1.807, 2.05) is 0 Å². The maximum atomic E-state index is 12.3. The van der Waals surface area contributed by atoms with Crippen molar-refractivity contribution in [2.24, 2.45) is 5.92 Å². The van der Waals surface area contributed by atoms with Crippen LogP contribution in [0.5, 0.6) is 5.88 Å². The van der Waals surface area contributed by atoms with Gasteiger partial charge in [0.25, 0.3) is 5.91 Å². The summed E-state index contributed by atoms with van der Waals surface area (Å²) in [5.74, 6) is 1.07. The molecule has 9 heteroatoms. The van der Waals surface area contributed by atoms with Crippen molar-refractivity contribution < 1.29 is 19.2 Å². The van der Waals surface area contributed by atoms with Crippen LogP contribution in [0.2, 0.25) is 0 Å². The zero-order valence-corrected chi connectivity index (χ0v) is 13.8. The van der Waals surface area contributed by atoms with Crippen molar-refractivity contribution in [3.05, 3.63) is 29.3 Å². The Morgan fingerprint density at radius 1 is 1.40 bits per heavy atom. The number of aliphatic hydroxyl groups is 1. The second-order valence-corrected chi connectivity index (χ2v) is 6.52. The van der Waals surface area contributed by atoms with Gasteiger partial charge >= 0.3 is 0 Å². The Morgan fingerprint density at radius 2 is 2.20 bits per heavy atom. The third-order valence-corrected chi connectivity index (χ3v) is 4.17. The molecule has 2 N–H and O–H groups in total. The molecule has 0 spiro atoms. The third-order valence-electron chi connectivity index (χ3n) is 4.17. The SMILES string of the molecule is Cc1nc([C@@H](O)NC(=O)c2cnc(C3CC3)c(OCC3CC3)n2)no1. The van der Waals surface area contributed by atoms with Gasteiger partial charge in [-0.1, -0.05) is 5.16 Å². The summed E-state index contributed by atoms with van der Waals surface area (Å²) in [6.07, 6.45) is 4.49. The largest absolute Gasteiger partial charge is 0.476 e. The molecule has 9 nitrogen and oxygen atoms in total. The number of aliphatic hydroxyl groups excluding tert-OH is 1. The Balaban J connectivity index is 1.48. The van der Waals surface area contributed by atoms with Gasteiger partial charge in [-0.2, -0.15) is 4.98 Å². The van der Waals surface area contributed by atoms with E-state index in [0.717, 1.165) is 18.5 Å². The fourth-order valence-corrected chi connectivity index (χ4v) is 2.40. The molecule has 4 rings (SSSR count). The number of aromatic nitrogens is 4. The van der Waals surface area contributed by atoms with Crippen LogP contribution < -0.4 is 10.1 Å². The monoisotopic (exact) mass is 345 g/mol. The van der Waals surface area contributed by atoms with Crippen LogP contribution in [0, 0.1) is 12.8 Å². The molecule has 2 aliphatic carbocycles. The summed E-state index contributed by atoms with van der Waals surface area (Å²) in [5.41, 5.74) is 0.890. The predicted octanol–water partition coefficient (Wildman–Crippen LogP) is 1.26. The highest BCUT2D eigenvalue weighted by atomic mass is 16.5. The molecule has 1 atom stereocenters. The normalized spacial score (nSPS) is 18.0. The van der Waals surface area contributed by atoms with E-state index < -0.39 is 12.1 Å². The molecule has 0 aromatic carbocycles. The van der Waals surface area contributed by atoms with Gasteiger partial charge in [-0.15, -0.1) is 0 Å². The van der Waals surface area contributed by atoms with Crippen LogP contribution in [0.4, 0.5) is 0 Å². The molecule has 2 fully saturated rings. The van der Waals surface area contributed by atoms with Crippen LogP contribution in [0.25, 0.3) is 0 Å². The van der Waals surface area contributed by atoms with E-state index in [9.17, 15) is 9.90 Å². The Morgan fingerprint density at radius 3 is 2.84 bits per heavy atom. The summed E-state index contributed by atoms with van der Waals surface area (Å²) in [6.45, 7) is 2.20. The first-order valence-electron chi connectivity index (χ1n) is 8.39. The van der Waals surface area contributed by atoms with Gasteiger partial charge in [0.05, 0.1) is 12.8 Å². The van der Waals surface area contributed by atoms with Crippen LogP contribution in [0.3, 0.4) is 0 Å². The minimum Gasteiger partial charge on any atom is -0.476 e. The quantitative estimate of drug-likeness (QED) is 0.719. The average Bonchev–Trinajstić information content (AvgIpc) is 3.52. The standard InChI is InChI=1S/C16H19N5O4/c1-8-18-13(21-25-8)15(23)20-14(22)11-6-17-12(10-4-5-10)16(19-11)24-7-9-2-3-9/h6,9-10,15,23H,2-5,7H2,1H3,(H,20,22)/t15-/m1/s1. The maximum absolute atomic E-state index is 12.3. The van der Waals surface area contributed by atoms with Crippen LogP contribution in [-0.2, 0) is 0 Å². The predicted molar refractivity (Wildman–Crippen MR) is 83.7 cm³/mol. The number of carbonyl (C=O) groups excluding carboxylic acids is 1. The molecule has 0 aliphatic heterocycles. The number of aryl methyl sites for hydroxylation is 1. The number of carbonyl (C=O) groups is 1. The van der Waals surface area contributed by atoms with E-state index in [0.29, 0.717) is 30.2 Å². The van der Waals surface area contributed by atoms with E-state index in [-0.39, 0.29) is 11.5 Å². The molecule has 0 radical (unpaired) electrons. The maximum Gasteiger partial charge on any atom is 0.273 e. The van der Waals surface area contributed by atoms with Gasteiger partial charge in [0, 0.05) is 12.8 Å². The van der Waals surface area contributed by atoms with Crippen molar-refractivity contribution in [1.29, 1.82) is 0 Å². The molecule has 2 aromatic heterocycles. The zero-order chi connectivity index (χ0) is 17.4. The van der Waals surface area contributed by atoms with Crippen LogP contribution in [0.1, 0.15) is 65.7 Å². The number of ether oxygens (including phenoxy) is 1. The summed E-state index contributed by atoms with van der Waals surface area (Å²) in [5, 5.41) is 15.9. The molecule has 0 saturated heterocycles. The van der Waals surface area contributed by atoms with Gasteiger partial charge in [-0.05, 0) is 31.6 Å². The minimum absolute atomic E-state index is 0.0152. The molecule has 1 amide bonds. The van der Waals surface area contributed by atoms with Crippen LogP contribution >= 0.6 is 0 Å². The van der Waals surface area contributed by atoms with Gasteiger partial charge in [0.15, 0.2) is 11.9 Å². The summed E-state index contributed by atoms with van der Waals surface area (Å²) in [6, 6.07) is 0. The lowest BCUT2D eigenvalue weighted by atomic mass is 10.3. The first-order valence-corrected chi connectivity index (χ1v) is 8.39. The lowest BCUT2D eigenvalue weighted by Crippen LogP contribution is -2.30. The first kappa shape index (κ1) is 15.9. The average molecular weight is 345 g/mol. The van der Waals surface area contributed by atoms with Gasteiger partial charge < -0.3 is 19.7 Å². The summed E-state index contributed by atoms with van der Waals surface area (Å²) in [7, 11) is 0. The number of rotatable bonds is 7. The molecule has 0 unspecified atom stereocenters. The van der Waals surface area contributed by atoms with E-state index in [4.69, 9.17) is 9.26 Å². The second-order valence-electron chi connectivity index (χ2n) is 6.52. The van der Waals surface area contributed by atoms with Crippen molar-refractivity contribution in [2.75, 3.05) is 6.61 Å². The summed E-state index contributed by atoms with van der Waals surface area (Å²) in [4.78, 5) is 24.9. The fraction of sp³-hybridized carbons (Fsp3) is 0.562. The molecule has 2 heterocycles. The highest BCUT2D eigenvalue weighted by molar-refractivity contribution is 5.92. The topological polar surface area (TPSA) is 123 Å². The lowest BCUT2D eigenvalue weighted by Gasteiger charge is -2.12. The highest BCUT2D eigenvalue weighted by Gasteiger charge is 2.31. The van der Waals surface area contributed by atoms with Crippen LogP contribution in [0.15, 0.2) is 10.7 Å². The number of hydrogen-bond acceptors (Lipinski definition) is 8. The Hall–Kier alpha value is -2.55. The van der Waals surface area contributed by atoms with Crippen molar-refractivity contribution in [3.63, 3.8) is 0 Å². The number of hydrogen-bond donors (Lipinski definition) is 2. The number of nitrogens with one attached hydrogen (secondary N) is 1. The van der Waals surface area contributed by atoms with Crippen LogP contribution in [-0.4, -0.2) is 37.7 Å². The molecule has 2 saturated carbocycles. The van der Waals surface area contributed by atoms with Crippen molar-refractivity contribution >= 4 is 5.91 Å². The summed E-state index contributed by atoms with van der Waals surface area (Å²) < 4.78 is 10.6. The third kappa shape index (κ3) is 3.76. The van der Waals surface area contributed by atoms with E-state index in [1.54, 1.807) is 6.92 Å². The van der Waals surface area contributed by atoms with Gasteiger partial charge in [0.1, 0.15) is 5.69 Å². The highest BCUT2D eigenvalue weighted by Crippen LogP contribution is 2.42. The Kier molecular flexibility index (Phi) is 4.08. The molecule has 2 aromatic rings. The van der Waals surface area contributed by atoms with Crippen molar-refractivity contribution in [1.82, 2.24) is 25.4 Å². The fourth-order valence-electron chi connectivity index (χ4n) is 2.40. The van der Waals surface area contributed by atoms with Gasteiger partial charge in [0.2, 0.25) is 17.6 Å². The van der Waals surface area contributed by atoms with Gasteiger partial charge in [-0.25, -0.2) is 4.98 Å². The van der Waals surface area contributed by atoms with Crippen molar-refractivity contribution in [2.45, 2.75) is 44.8 Å². The number of nitrogens with zero attached hydrogens (tertiary/aromatic N) is 4. The zero-order valence-electron chi connectivity index (χ0n) is 13.8. The molecule has 0 bridgehead atoms. The molecule has 132 valence electrons. The van der Waals surface area contributed by atoms with E-state index >= 15 is 0 Å².